The lowest BCUT2D eigenvalue weighted by molar-refractivity contribution is -0.125. The van der Waals surface area contributed by atoms with Gasteiger partial charge in [0, 0.05) is 36.0 Å². The third-order valence-corrected chi connectivity index (χ3v) is 5.83. The Morgan fingerprint density at radius 3 is 2.45 bits per heavy atom. The van der Waals surface area contributed by atoms with E-state index in [0.29, 0.717) is 25.4 Å². The van der Waals surface area contributed by atoms with Crippen molar-refractivity contribution in [2.75, 3.05) is 19.7 Å². The van der Waals surface area contributed by atoms with Crippen LogP contribution in [0.4, 0.5) is 4.79 Å². The van der Waals surface area contributed by atoms with Gasteiger partial charge < -0.3 is 19.7 Å². The Morgan fingerprint density at radius 1 is 1.10 bits per heavy atom. The minimum absolute atomic E-state index is 0.0310. The van der Waals surface area contributed by atoms with Gasteiger partial charge in [0.2, 0.25) is 5.91 Å². The van der Waals surface area contributed by atoms with Crippen molar-refractivity contribution in [2.45, 2.75) is 45.8 Å². The second-order valence-corrected chi connectivity index (χ2v) is 10.3. The number of carbonyl (C=O) groups excluding carboxylic acids is 2. The standard InChI is InChI=1S/C24H31N3O4/c1-23(2,3)31-22(29)27-12-17-18(13-27)20(17)21(28)26-24(4,5)14-30-19-11-25-10-15-8-6-7-9-16(15)19/h6-11,17-18,20H,12-14H2,1-5H3,(H,26,28). The Bertz CT molecular complexity index is 980. The number of likely N-dealkylation sites (tertiary alicyclic amines) is 1. The topological polar surface area (TPSA) is 80.8 Å². The van der Waals surface area contributed by atoms with Crippen molar-refractivity contribution in [3.8, 4) is 5.75 Å². The van der Waals surface area contributed by atoms with E-state index in [-0.39, 0.29) is 29.8 Å². The zero-order valence-electron chi connectivity index (χ0n) is 18.8. The molecule has 2 amide bonds. The zero-order chi connectivity index (χ0) is 22.4. The Kier molecular flexibility index (Phi) is 5.31. The number of aromatic nitrogens is 1. The van der Waals surface area contributed by atoms with E-state index in [1.165, 1.54) is 0 Å². The smallest absolute Gasteiger partial charge is 0.410 e. The Balaban J connectivity index is 1.29. The van der Waals surface area contributed by atoms with Crippen LogP contribution in [0.2, 0.25) is 0 Å². The molecular formula is C24H31N3O4. The van der Waals surface area contributed by atoms with E-state index in [1.54, 1.807) is 11.1 Å². The third kappa shape index (κ3) is 4.75. The Hall–Kier alpha value is -2.83. The number of benzene rings is 1. The second-order valence-electron chi connectivity index (χ2n) is 10.3. The van der Waals surface area contributed by atoms with Crippen LogP contribution in [0, 0.1) is 17.8 Å². The number of hydrogen-bond acceptors (Lipinski definition) is 5. The zero-order valence-corrected chi connectivity index (χ0v) is 18.8. The molecule has 166 valence electrons. The fraction of sp³-hybridized carbons (Fsp3) is 0.542. The first-order valence-electron chi connectivity index (χ1n) is 10.8. The van der Waals surface area contributed by atoms with Gasteiger partial charge in [0.15, 0.2) is 0 Å². The highest BCUT2D eigenvalue weighted by atomic mass is 16.6. The molecule has 2 aliphatic rings. The predicted molar refractivity (Wildman–Crippen MR) is 118 cm³/mol. The number of fused-ring (bicyclic) bond motifs is 2. The lowest BCUT2D eigenvalue weighted by Crippen LogP contribution is -2.49. The van der Waals surface area contributed by atoms with E-state index in [2.05, 4.69) is 10.3 Å². The van der Waals surface area contributed by atoms with Crippen LogP contribution in [-0.2, 0) is 9.53 Å². The average molecular weight is 426 g/mol. The number of nitrogens with zero attached hydrogens (tertiary/aromatic N) is 2. The van der Waals surface area contributed by atoms with Crippen LogP contribution in [0.15, 0.2) is 36.7 Å². The van der Waals surface area contributed by atoms with Gasteiger partial charge in [0.1, 0.15) is 18.0 Å². The van der Waals surface area contributed by atoms with Gasteiger partial charge in [-0.1, -0.05) is 24.3 Å². The van der Waals surface area contributed by atoms with Crippen LogP contribution in [0.25, 0.3) is 10.8 Å². The maximum absolute atomic E-state index is 12.8. The summed E-state index contributed by atoms with van der Waals surface area (Å²) in [5.41, 5.74) is -1.04. The van der Waals surface area contributed by atoms with Crippen molar-refractivity contribution in [1.82, 2.24) is 15.2 Å². The van der Waals surface area contributed by atoms with Crippen molar-refractivity contribution in [1.29, 1.82) is 0 Å². The van der Waals surface area contributed by atoms with Gasteiger partial charge in [-0.05, 0) is 46.5 Å². The number of carbonyl (C=O) groups is 2. The SMILES string of the molecule is CC(C)(COc1cncc2ccccc12)NC(=O)C1C2CN(C(=O)OC(C)(C)C)CC21. The lowest BCUT2D eigenvalue weighted by atomic mass is 10.1. The van der Waals surface area contributed by atoms with E-state index in [4.69, 9.17) is 9.47 Å². The predicted octanol–water partition coefficient (Wildman–Crippen LogP) is 3.62. The molecule has 1 N–H and O–H groups in total. The molecule has 0 radical (unpaired) electrons. The molecule has 2 aromatic rings. The number of pyridine rings is 1. The first-order chi connectivity index (χ1) is 14.5. The summed E-state index contributed by atoms with van der Waals surface area (Å²) in [5, 5.41) is 5.14. The highest BCUT2D eigenvalue weighted by molar-refractivity contribution is 5.87. The van der Waals surface area contributed by atoms with Crippen molar-refractivity contribution in [3.63, 3.8) is 0 Å². The van der Waals surface area contributed by atoms with Gasteiger partial charge >= 0.3 is 6.09 Å². The van der Waals surface area contributed by atoms with Gasteiger partial charge in [-0.2, -0.15) is 0 Å². The minimum atomic E-state index is -0.532. The molecular weight excluding hydrogens is 394 g/mol. The summed E-state index contributed by atoms with van der Waals surface area (Å²) >= 11 is 0. The normalized spacial score (nSPS) is 22.7. The number of rotatable bonds is 5. The molecule has 0 spiro atoms. The number of piperidine rings is 1. The minimum Gasteiger partial charge on any atom is -0.489 e. The summed E-state index contributed by atoms with van der Waals surface area (Å²) in [4.78, 5) is 31.0. The monoisotopic (exact) mass is 425 g/mol. The maximum Gasteiger partial charge on any atom is 0.410 e. The first kappa shape index (κ1) is 21.4. The van der Waals surface area contributed by atoms with Crippen LogP contribution in [0.5, 0.6) is 5.75 Å². The number of nitrogens with one attached hydrogen (secondary N) is 1. The Morgan fingerprint density at radius 2 is 1.77 bits per heavy atom. The maximum atomic E-state index is 12.8. The van der Waals surface area contributed by atoms with Gasteiger partial charge in [0.05, 0.1) is 11.7 Å². The molecule has 1 aromatic heterocycles. The average Bonchev–Trinajstić information content (AvgIpc) is 3.19. The molecule has 7 heteroatoms. The summed E-state index contributed by atoms with van der Waals surface area (Å²) in [5.74, 6) is 1.12. The molecule has 2 heterocycles. The molecule has 2 fully saturated rings. The molecule has 7 nitrogen and oxygen atoms in total. The van der Waals surface area contributed by atoms with E-state index >= 15 is 0 Å². The number of ether oxygens (including phenoxy) is 2. The fourth-order valence-corrected chi connectivity index (χ4v) is 4.31. The van der Waals surface area contributed by atoms with Gasteiger partial charge in [-0.15, -0.1) is 0 Å². The van der Waals surface area contributed by atoms with E-state index in [1.807, 2.05) is 65.1 Å². The summed E-state index contributed by atoms with van der Waals surface area (Å²) in [6, 6.07) is 7.93. The summed E-state index contributed by atoms with van der Waals surface area (Å²) < 4.78 is 11.5. The number of hydrogen-bond donors (Lipinski definition) is 1. The quantitative estimate of drug-likeness (QED) is 0.791. The molecule has 2 unspecified atom stereocenters. The molecule has 1 aliphatic heterocycles. The molecule has 4 rings (SSSR count). The highest BCUT2D eigenvalue weighted by Crippen LogP contribution is 2.52. The molecule has 1 saturated heterocycles. The van der Waals surface area contributed by atoms with Crippen LogP contribution in [-0.4, -0.2) is 52.7 Å². The van der Waals surface area contributed by atoms with E-state index in [0.717, 1.165) is 10.8 Å². The van der Waals surface area contributed by atoms with Crippen molar-refractivity contribution < 1.29 is 19.1 Å². The van der Waals surface area contributed by atoms with Gasteiger partial charge in [0.25, 0.3) is 0 Å². The molecule has 1 aromatic carbocycles. The lowest BCUT2D eigenvalue weighted by Gasteiger charge is -2.28. The summed E-state index contributed by atoms with van der Waals surface area (Å²) in [7, 11) is 0. The highest BCUT2D eigenvalue weighted by Gasteiger charge is 2.61. The van der Waals surface area contributed by atoms with E-state index < -0.39 is 11.1 Å². The number of amides is 2. The summed E-state index contributed by atoms with van der Waals surface area (Å²) in [6.07, 6.45) is 3.22. The molecule has 1 aliphatic carbocycles. The molecule has 31 heavy (non-hydrogen) atoms. The fourth-order valence-electron chi connectivity index (χ4n) is 4.31. The van der Waals surface area contributed by atoms with Gasteiger partial charge in [-0.3, -0.25) is 9.78 Å². The molecule has 1 saturated carbocycles. The van der Waals surface area contributed by atoms with Crippen molar-refractivity contribution >= 4 is 22.8 Å². The molecule has 2 atom stereocenters. The third-order valence-electron chi connectivity index (χ3n) is 5.83. The van der Waals surface area contributed by atoms with Crippen LogP contribution in [0.1, 0.15) is 34.6 Å². The van der Waals surface area contributed by atoms with Crippen LogP contribution in [0.3, 0.4) is 0 Å². The van der Waals surface area contributed by atoms with Gasteiger partial charge in [-0.25, -0.2) is 4.79 Å². The van der Waals surface area contributed by atoms with Crippen molar-refractivity contribution in [2.24, 2.45) is 17.8 Å². The van der Waals surface area contributed by atoms with Crippen LogP contribution >= 0.6 is 0 Å². The summed E-state index contributed by atoms with van der Waals surface area (Å²) in [6.45, 7) is 11.0. The van der Waals surface area contributed by atoms with Crippen molar-refractivity contribution in [3.05, 3.63) is 36.7 Å². The Labute approximate surface area is 183 Å². The van der Waals surface area contributed by atoms with Crippen LogP contribution < -0.4 is 10.1 Å². The second kappa shape index (κ2) is 7.70. The van der Waals surface area contributed by atoms with E-state index in [9.17, 15) is 9.59 Å². The first-order valence-corrected chi connectivity index (χ1v) is 10.8. The largest absolute Gasteiger partial charge is 0.489 e. The molecule has 0 bridgehead atoms.